The first-order valence-corrected chi connectivity index (χ1v) is 9.16. The first-order valence-electron chi connectivity index (χ1n) is 7.18. The lowest BCUT2D eigenvalue weighted by molar-refractivity contribution is 0.0600. The molecule has 2 nitrogen and oxygen atoms in total. The molecule has 0 aliphatic carbocycles. The summed E-state index contributed by atoms with van der Waals surface area (Å²) in [6.45, 7) is 2.18. The van der Waals surface area contributed by atoms with Crippen molar-refractivity contribution in [3.63, 3.8) is 0 Å². The van der Waals surface area contributed by atoms with Gasteiger partial charge < -0.3 is 4.74 Å². The number of carbonyl (C=O) groups is 1. The van der Waals surface area contributed by atoms with E-state index in [-0.39, 0.29) is 10.0 Å². The van der Waals surface area contributed by atoms with Gasteiger partial charge in [-0.15, -0.1) is 29.4 Å². The van der Waals surface area contributed by atoms with E-state index >= 15 is 0 Å². The number of benzene rings is 1. The number of methoxy groups -OCH3 is 1. The van der Waals surface area contributed by atoms with Crippen LogP contribution in [0.1, 0.15) is 42.1 Å². The van der Waals surface area contributed by atoms with Gasteiger partial charge in [0, 0.05) is 17.9 Å². The first kappa shape index (κ1) is 16.3. The maximum atomic E-state index is 11.5. The van der Waals surface area contributed by atoms with Gasteiger partial charge in [-0.1, -0.05) is 31.4 Å². The minimum absolute atomic E-state index is 0.164. The van der Waals surface area contributed by atoms with Crippen LogP contribution in [0.25, 0.3) is 0 Å². The average molecular weight is 320 g/mol. The van der Waals surface area contributed by atoms with Crippen LogP contribution in [0.4, 0.5) is 0 Å². The third-order valence-corrected chi connectivity index (χ3v) is 6.56. The predicted octanol–water partition coefficient (Wildman–Crippen LogP) is 4.30. The second-order valence-electron chi connectivity index (χ2n) is 4.79. The maximum Gasteiger partial charge on any atom is 0.337 e. The Hall–Kier alpha value is -1.05. The molecule has 0 radical (unpaired) electrons. The monoisotopic (exact) mass is 320 g/mol. The van der Waals surface area contributed by atoms with Crippen molar-refractivity contribution in [1.29, 1.82) is 0 Å². The van der Waals surface area contributed by atoms with Crippen molar-refractivity contribution in [3.05, 3.63) is 35.4 Å². The molecule has 2 rings (SSSR count). The normalized spacial score (nSPS) is 16.1. The van der Waals surface area contributed by atoms with E-state index in [1.54, 1.807) is 0 Å². The van der Waals surface area contributed by atoms with Gasteiger partial charge in [-0.25, -0.2) is 4.79 Å². The Labute approximate surface area is 135 Å². The van der Waals surface area contributed by atoms with Crippen LogP contribution < -0.4 is 0 Å². The van der Waals surface area contributed by atoms with E-state index < -0.39 is 0 Å². The van der Waals surface area contributed by atoms with Gasteiger partial charge in [0.2, 0.25) is 0 Å². The number of esters is 1. The summed E-state index contributed by atoms with van der Waals surface area (Å²) in [5, 5.41) is 0. The molecule has 21 heavy (non-hydrogen) atoms. The number of hydrogen-bond acceptors (Lipinski definition) is 4. The zero-order valence-corrected chi connectivity index (χ0v) is 14.1. The number of carbonyl (C=O) groups excluding carboxylic acids is 1. The fourth-order valence-electron chi connectivity index (χ4n) is 2.11. The average Bonchev–Trinajstić information content (AvgIpc) is 3.01. The van der Waals surface area contributed by atoms with E-state index in [1.165, 1.54) is 19.1 Å². The van der Waals surface area contributed by atoms with Crippen molar-refractivity contribution < 1.29 is 9.53 Å². The smallest absolute Gasteiger partial charge is 0.337 e. The number of rotatable bonds is 4. The molecule has 0 amide bonds. The van der Waals surface area contributed by atoms with Crippen molar-refractivity contribution >= 4 is 29.5 Å². The Morgan fingerprint density at radius 1 is 1.29 bits per heavy atom. The molecule has 1 fully saturated rings. The second kappa shape index (κ2) is 7.82. The highest BCUT2D eigenvalue weighted by atomic mass is 32.2. The van der Waals surface area contributed by atoms with E-state index in [1.807, 2.05) is 47.8 Å². The number of thioether (sulfide) groups is 2. The molecule has 112 valence electrons. The fraction of sp³-hybridized carbons (Fsp3) is 0.471. The molecule has 1 aliphatic rings. The van der Waals surface area contributed by atoms with E-state index in [0.717, 1.165) is 24.3 Å². The van der Waals surface area contributed by atoms with Crippen molar-refractivity contribution in [2.45, 2.75) is 30.3 Å². The molecule has 1 aromatic carbocycles. The Morgan fingerprint density at radius 3 is 2.52 bits per heavy atom. The molecule has 0 atom stereocenters. The summed E-state index contributed by atoms with van der Waals surface area (Å²) in [4.78, 5) is 11.5. The Kier molecular flexibility index (Phi) is 6.08. The van der Waals surface area contributed by atoms with E-state index in [9.17, 15) is 4.79 Å². The SMILES string of the molecule is CCCCC#CC1(c2ccc(C(=O)OC)cc2)SCCS1. The van der Waals surface area contributed by atoms with E-state index in [0.29, 0.717) is 5.56 Å². The molecule has 4 heteroatoms. The number of hydrogen-bond donors (Lipinski definition) is 0. The molecule has 0 bridgehead atoms. The summed E-state index contributed by atoms with van der Waals surface area (Å²) in [7, 11) is 1.40. The van der Waals surface area contributed by atoms with Gasteiger partial charge in [0.25, 0.3) is 0 Å². The molecule has 1 heterocycles. The zero-order valence-electron chi connectivity index (χ0n) is 12.5. The highest BCUT2D eigenvalue weighted by Crippen LogP contribution is 2.51. The highest BCUT2D eigenvalue weighted by Gasteiger charge is 2.35. The molecular formula is C17H20O2S2. The van der Waals surface area contributed by atoms with Crippen LogP contribution in [-0.4, -0.2) is 24.6 Å². The van der Waals surface area contributed by atoms with Crippen LogP contribution in [0.2, 0.25) is 0 Å². The van der Waals surface area contributed by atoms with Crippen LogP contribution in [-0.2, 0) is 8.82 Å². The minimum Gasteiger partial charge on any atom is -0.465 e. The van der Waals surface area contributed by atoms with Crippen molar-refractivity contribution in [1.82, 2.24) is 0 Å². The third-order valence-electron chi connectivity index (χ3n) is 3.29. The molecule has 0 spiro atoms. The first-order chi connectivity index (χ1) is 10.2. The molecule has 0 aromatic heterocycles. The minimum atomic E-state index is -0.295. The summed E-state index contributed by atoms with van der Waals surface area (Å²) in [5.41, 5.74) is 1.76. The van der Waals surface area contributed by atoms with Crippen molar-refractivity contribution in [2.24, 2.45) is 0 Å². The van der Waals surface area contributed by atoms with Gasteiger partial charge in [0.15, 0.2) is 0 Å². The Bertz CT molecular complexity index is 534. The fourth-order valence-corrected chi connectivity index (χ4v) is 5.08. The molecule has 0 saturated carbocycles. The molecular weight excluding hydrogens is 300 g/mol. The van der Waals surface area contributed by atoms with Crippen LogP contribution in [0.3, 0.4) is 0 Å². The van der Waals surface area contributed by atoms with Gasteiger partial charge in [0.05, 0.1) is 12.7 Å². The lowest BCUT2D eigenvalue weighted by atomic mass is 10.1. The largest absolute Gasteiger partial charge is 0.465 e. The Balaban J connectivity index is 2.21. The van der Waals surface area contributed by atoms with Crippen LogP contribution in [0, 0.1) is 11.8 Å². The van der Waals surface area contributed by atoms with Gasteiger partial charge >= 0.3 is 5.97 Å². The third kappa shape index (κ3) is 3.99. The zero-order chi connectivity index (χ0) is 15.1. The molecule has 1 saturated heterocycles. The van der Waals surface area contributed by atoms with E-state index in [4.69, 9.17) is 4.74 Å². The maximum absolute atomic E-state index is 11.5. The molecule has 0 N–H and O–H groups in total. The topological polar surface area (TPSA) is 26.3 Å². The Morgan fingerprint density at radius 2 is 1.95 bits per heavy atom. The summed E-state index contributed by atoms with van der Waals surface area (Å²) in [6, 6.07) is 7.67. The number of ether oxygens (including phenoxy) is 1. The van der Waals surface area contributed by atoms with E-state index in [2.05, 4.69) is 18.8 Å². The van der Waals surface area contributed by atoms with Gasteiger partial charge in [-0.3, -0.25) is 0 Å². The molecule has 1 aliphatic heterocycles. The standard InChI is InChI=1S/C17H20O2S2/c1-3-4-5-6-11-17(20-12-13-21-17)15-9-7-14(8-10-15)16(18)19-2/h7-10H,3-5,12-13H2,1-2H3. The van der Waals surface area contributed by atoms with Crippen LogP contribution in [0.15, 0.2) is 24.3 Å². The van der Waals surface area contributed by atoms with Gasteiger partial charge in [-0.05, 0) is 24.1 Å². The lowest BCUT2D eigenvalue weighted by Crippen LogP contribution is -2.12. The summed E-state index contributed by atoms with van der Waals surface area (Å²) in [6.07, 6.45) is 3.29. The quantitative estimate of drug-likeness (QED) is 0.469. The summed E-state index contributed by atoms with van der Waals surface area (Å²) >= 11 is 3.79. The number of unbranched alkanes of at least 4 members (excludes halogenated alkanes) is 2. The van der Waals surface area contributed by atoms with Crippen LogP contribution in [0.5, 0.6) is 0 Å². The second-order valence-corrected chi connectivity index (χ2v) is 7.66. The van der Waals surface area contributed by atoms with Gasteiger partial charge in [-0.2, -0.15) is 0 Å². The van der Waals surface area contributed by atoms with Crippen molar-refractivity contribution in [2.75, 3.05) is 18.6 Å². The van der Waals surface area contributed by atoms with Gasteiger partial charge in [0.1, 0.15) is 4.08 Å². The lowest BCUT2D eigenvalue weighted by Gasteiger charge is -2.21. The van der Waals surface area contributed by atoms with Crippen LogP contribution >= 0.6 is 23.5 Å². The highest BCUT2D eigenvalue weighted by molar-refractivity contribution is 8.20. The summed E-state index contributed by atoms with van der Waals surface area (Å²) < 4.78 is 4.58. The van der Waals surface area contributed by atoms with Crippen molar-refractivity contribution in [3.8, 4) is 11.8 Å². The predicted molar refractivity (Wildman–Crippen MR) is 91.7 cm³/mol. The molecule has 1 aromatic rings. The molecule has 0 unspecified atom stereocenters. The summed E-state index contributed by atoms with van der Waals surface area (Å²) in [5.74, 6) is 8.74.